The first kappa shape index (κ1) is 15.4. The van der Waals surface area contributed by atoms with Gasteiger partial charge in [-0.3, -0.25) is 0 Å². The molecule has 0 spiro atoms. The average Bonchev–Trinajstić information content (AvgIpc) is 2.49. The van der Waals surface area contributed by atoms with Gasteiger partial charge in [-0.05, 0) is 43.1 Å². The molecule has 3 nitrogen and oxygen atoms in total. The minimum atomic E-state index is -0.338. The van der Waals surface area contributed by atoms with Gasteiger partial charge in [0.2, 0.25) is 5.88 Å². The molecule has 4 heteroatoms. The summed E-state index contributed by atoms with van der Waals surface area (Å²) in [5, 5.41) is 3.27. The van der Waals surface area contributed by atoms with Crippen LogP contribution in [-0.2, 0) is 13.0 Å². The second kappa shape index (κ2) is 7.18. The zero-order valence-electron chi connectivity index (χ0n) is 12.7. The van der Waals surface area contributed by atoms with Crippen molar-refractivity contribution in [1.82, 2.24) is 10.3 Å². The summed E-state index contributed by atoms with van der Waals surface area (Å²) in [5.74, 6) is 0.311. The number of ether oxygens (including phenoxy) is 1. The second-order valence-electron chi connectivity index (χ2n) is 4.93. The number of hydrogen-bond acceptors (Lipinski definition) is 3. The molecule has 2 aromatic rings. The molecule has 0 radical (unpaired) electrons. The van der Waals surface area contributed by atoms with Crippen molar-refractivity contribution in [2.75, 3.05) is 6.54 Å². The highest BCUT2D eigenvalue weighted by atomic mass is 19.1. The molecule has 2 rings (SSSR count). The molecule has 1 aromatic heterocycles. The van der Waals surface area contributed by atoms with E-state index in [9.17, 15) is 4.39 Å². The summed E-state index contributed by atoms with van der Waals surface area (Å²) in [6, 6.07) is 9.00. The van der Waals surface area contributed by atoms with Crippen LogP contribution in [0.2, 0.25) is 0 Å². The largest absolute Gasteiger partial charge is 0.436 e. The van der Waals surface area contributed by atoms with E-state index in [4.69, 9.17) is 4.74 Å². The highest BCUT2D eigenvalue weighted by Gasteiger charge is 2.09. The summed E-state index contributed by atoms with van der Waals surface area (Å²) in [6.45, 7) is 7.46. The monoisotopic (exact) mass is 288 g/mol. The molecule has 0 fully saturated rings. The number of pyridine rings is 1. The molecule has 0 amide bonds. The summed E-state index contributed by atoms with van der Waals surface area (Å²) in [5.41, 5.74) is 2.59. The van der Waals surface area contributed by atoms with Gasteiger partial charge in [0.05, 0.1) is 0 Å². The maximum absolute atomic E-state index is 14.0. The van der Waals surface area contributed by atoms with Crippen LogP contribution in [0.5, 0.6) is 11.6 Å². The lowest BCUT2D eigenvalue weighted by molar-refractivity contribution is 0.423. The molecule has 1 N–H and O–H groups in total. The summed E-state index contributed by atoms with van der Waals surface area (Å²) in [4.78, 5) is 4.41. The molecule has 0 atom stereocenters. The summed E-state index contributed by atoms with van der Waals surface area (Å²) < 4.78 is 19.6. The van der Waals surface area contributed by atoms with Gasteiger partial charge in [-0.25, -0.2) is 9.37 Å². The summed E-state index contributed by atoms with van der Waals surface area (Å²) in [7, 11) is 0. The highest BCUT2D eigenvalue weighted by Crippen LogP contribution is 2.26. The van der Waals surface area contributed by atoms with E-state index in [0.717, 1.165) is 30.8 Å². The molecule has 1 heterocycles. The van der Waals surface area contributed by atoms with Gasteiger partial charge in [0.25, 0.3) is 0 Å². The molecule has 0 unspecified atom stereocenters. The third-order valence-electron chi connectivity index (χ3n) is 3.23. The van der Waals surface area contributed by atoms with Crippen molar-refractivity contribution in [3.8, 4) is 11.6 Å². The molecule has 21 heavy (non-hydrogen) atoms. The van der Waals surface area contributed by atoms with Crippen molar-refractivity contribution in [2.24, 2.45) is 0 Å². The lowest BCUT2D eigenvalue weighted by Gasteiger charge is -2.11. The van der Waals surface area contributed by atoms with Crippen LogP contribution in [-0.4, -0.2) is 11.5 Å². The van der Waals surface area contributed by atoms with Crippen molar-refractivity contribution in [3.05, 3.63) is 53.0 Å². The maximum atomic E-state index is 14.0. The van der Waals surface area contributed by atoms with Crippen LogP contribution in [0.1, 0.15) is 30.7 Å². The van der Waals surface area contributed by atoms with E-state index in [-0.39, 0.29) is 11.6 Å². The number of halogens is 1. The van der Waals surface area contributed by atoms with Crippen LogP contribution in [0, 0.1) is 12.7 Å². The van der Waals surface area contributed by atoms with Gasteiger partial charge in [0.1, 0.15) is 0 Å². The fourth-order valence-corrected chi connectivity index (χ4v) is 2.04. The number of nitrogens with one attached hydrogen (secondary N) is 1. The van der Waals surface area contributed by atoms with Crippen LogP contribution in [0.25, 0.3) is 0 Å². The van der Waals surface area contributed by atoms with E-state index in [1.165, 1.54) is 0 Å². The predicted octanol–water partition coefficient (Wildman–Crippen LogP) is 3.99. The quantitative estimate of drug-likeness (QED) is 0.872. The van der Waals surface area contributed by atoms with Gasteiger partial charge in [-0.2, -0.15) is 0 Å². The molecule has 1 aromatic carbocycles. The SMILES string of the molecule is CCNCc1cc(CC)nc(Oc2cccc(C)c2F)c1. The van der Waals surface area contributed by atoms with E-state index < -0.39 is 0 Å². The van der Waals surface area contributed by atoms with Gasteiger partial charge >= 0.3 is 0 Å². The molecule has 0 bridgehead atoms. The first-order valence-corrected chi connectivity index (χ1v) is 7.27. The molecular formula is C17H21FN2O. The molecule has 0 aliphatic heterocycles. The van der Waals surface area contributed by atoms with E-state index in [1.54, 1.807) is 25.1 Å². The molecule has 112 valence electrons. The topological polar surface area (TPSA) is 34.2 Å². The lowest BCUT2D eigenvalue weighted by Crippen LogP contribution is -2.12. The van der Waals surface area contributed by atoms with Crippen LogP contribution >= 0.6 is 0 Å². The van der Waals surface area contributed by atoms with Gasteiger partial charge in [-0.15, -0.1) is 0 Å². The van der Waals surface area contributed by atoms with Gasteiger partial charge < -0.3 is 10.1 Å². The standard InChI is InChI=1S/C17H21FN2O/c1-4-14-9-13(11-19-5-2)10-16(20-14)21-15-8-6-7-12(3)17(15)18/h6-10,19H,4-5,11H2,1-3H3. The van der Waals surface area contributed by atoms with Crippen LogP contribution < -0.4 is 10.1 Å². The third kappa shape index (κ3) is 4.02. The van der Waals surface area contributed by atoms with Crippen molar-refractivity contribution >= 4 is 0 Å². The molecule has 0 saturated heterocycles. The van der Waals surface area contributed by atoms with E-state index in [1.807, 2.05) is 19.1 Å². The van der Waals surface area contributed by atoms with E-state index >= 15 is 0 Å². The van der Waals surface area contributed by atoms with Gasteiger partial charge in [0.15, 0.2) is 11.6 Å². The van der Waals surface area contributed by atoms with Crippen LogP contribution in [0.4, 0.5) is 4.39 Å². The average molecular weight is 288 g/mol. The number of aromatic nitrogens is 1. The summed E-state index contributed by atoms with van der Waals surface area (Å²) in [6.07, 6.45) is 0.812. The van der Waals surface area contributed by atoms with E-state index in [0.29, 0.717) is 11.4 Å². The Balaban J connectivity index is 2.28. The predicted molar refractivity (Wildman–Crippen MR) is 82.2 cm³/mol. The maximum Gasteiger partial charge on any atom is 0.219 e. The van der Waals surface area contributed by atoms with E-state index in [2.05, 4.69) is 17.2 Å². The fourth-order valence-electron chi connectivity index (χ4n) is 2.04. The number of hydrogen-bond donors (Lipinski definition) is 1. The molecule has 0 saturated carbocycles. The molecule has 0 aliphatic carbocycles. The normalized spacial score (nSPS) is 10.7. The van der Waals surface area contributed by atoms with Crippen molar-refractivity contribution < 1.29 is 9.13 Å². The second-order valence-corrected chi connectivity index (χ2v) is 4.93. The van der Waals surface area contributed by atoms with Gasteiger partial charge in [0, 0.05) is 18.3 Å². The molecular weight excluding hydrogens is 267 g/mol. The Labute approximate surface area is 125 Å². The van der Waals surface area contributed by atoms with Crippen molar-refractivity contribution in [3.63, 3.8) is 0 Å². The van der Waals surface area contributed by atoms with Crippen molar-refractivity contribution in [1.29, 1.82) is 0 Å². The number of nitrogens with zero attached hydrogens (tertiary/aromatic N) is 1. The Hall–Kier alpha value is -1.94. The Morgan fingerprint density at radius 2 is 2.05 bits per heavy atom. The minimum absolute atomic E-state index is 0.213. The Morgan fingerprint density at radius 1 is 1.24 bits per heavy atom. The third-order valence-corrected chi connectivity index (χ3v) is 3.23. The number of benzene rings is 1. The molecule has 0 aliphatic rings. The highest BCUT2D eigenvalue weighted by molar-refractivity contribution is 5.34. The van der Waals surface area contributed by atoms with Crippen LogP contribution in [0.3, 0.4) is 0 Å². The fraction of sp³-hybridized carbons (Fsp3) is 0.353. The minimum Gasteiger partial charge on any atom is -0.436 e. The van der Waals surface area contributed by atoms with Crippen LogP contribution in [0.15, 0.2) is 30.3 Å². The number of aryl methyl sites for hydroxylation is 2. The first-order chi connectivity index (χ1) is 10.1. The Morgan fingerprint density at radius 3 is 2.76 bits per heavy atom. The van der Waals surface area contributed by atoms with Crippen molar-refractivity contribution in [2.45, 2.75) is 33.7 Å². The lowest BCUT2D eigenvalue weighted by atomic mass is 10.2. The number of rotatable bonds is 6. The van der Waals surface area contributed by atoms with Gasteiger partial charge in [-0.1, -0.05) is 26.0 Å². The zero-order chi connectivity index (χ0) is 15.2. The smallest absolute Gasteiger partial charge is 0.219 e. The first-order valence-electron chi connectivity index (χ1n) is 7.27. The Bertz CT molecular complexity index is 614. The zero-order valence-corrected chi connectivity index (χ0v) is 12.7. The Kier molecular flexibility index (Phi) is 5.28. The summed E-state index contributed by atoms with van der Waals surface area (Å²) >= 11 is 0.